The summed E-state index contributed by atoms with van der Waals surface area (Å²) in [5.74, 6) is -1.55. The number of aromatic amines is 1. The highest BCUT2D eigenvalue weighted by Gasteiger charge is 2.34. The van der Waals surface area contributed by atoms with Gasteiger partial charge in [-0.3, -0.25) is 4.79 Å². The van der Waals surface area contributed by atoms with E-state index in [0.29, 0.717) is 16.6 Å². The van der Waals surface area contributed by atoms with Crippen LogP contribution in [0, 0.1) is 12.8 Å². The largest absolute Gasteiger partial charge is 0.462 e. The average Bonchev–Trinajstić information content (AvgIpc) is 3.06. The molecule has 2 heterocycles. The molecule has 2 aromatic rings. The van der Waals surface area contributed by atoms with E-state index in [4.69, 9.17) is 9.47 Å². The summed E-state index contributed by atoms with van der Waals surface area (Å²) in [5, 5.41) is 0.597. The van der Waals surface area contributed by atoms with Crippen LogP contribution < -0.4 is 4.74 Å². The molecular weight excluding hydrogens is 346 g/mol. The molecule has 0 unspecified atom stereocenters. The molecule has 25 heavy (non-hydrogen) atoms. The number of hydrogen-bond donors (Lipinski definition) is 1. The van der Waals surface area contributed by atoms with Gasteiger partial charge in [0.25, 0.3) is 0 Å². The number of fused-ring (bicyclic) bond motifs is 1. The molecule has 1 aromatic carbocycles. The van der Waals surface area contributed by atoms with Crippen molar-refractivity contribution < 1.29 is 27.5 Å². The quantitative estimate of drug-likeness (QED) is 0.657. The number of H-pyrrole nitrogens is 1. The standard InChI is InChI=1S/C17H19NO6S/c1-3-23-17(20)15-10(2)18-14-5-4-12(8-13(14)15)24-16(19)11-6-7-25(21,22)9-11/h4-5,8,11,18H,3,6-7,9H2,1-2H3/t11-/m0/s1. The molecule has 1 aromatic heterocycles. The van der Waals surface area contributed by atoms with Crippen LogP contribution in [0.5, 0.6) is 5.75 Å². The predicted octanol–water partition coefficient (Wildman–Crippen LogP) is 1.99. The van der Waals surface area contributed by atoms with Gasteiger partial charge in [0.05, 0.1) is 29.6 Å². The van der Waals surface area contributed by atoms with Crippen molar-refractivity contribution in [2.45, 2.75) is 20.3 Å². The lowest BCUT2D eigenvalue weighted by Crippen LogP contribution is -2.21. The molecule has 0 bridgehead atoms. The number of ether oxygens (including phenoxy) is 2. The number of benzene rings is 1. The summed E-state index contributed by atoms with van der Waals surface area (Å²) in [6.45, 7) is 3.75. The number of carbonyl (C=O) groups is 2. The number of esters is 2. The van der Waals surface area contributed by atoms with Crippen molar-refractivity contribution in [1.82, 2.24) is 4.98 Å². The topological polar surface area (TPSA) is 103 Å². The van der Waals surface area contributed by atoms with E-state index in [1.165, 1.54) is 0 Å². The molecule has 0 radical (unpaired) electrons. The molecule has 1 N–H and O–H groups in total. The van der Waals surface area contributed by atoms with Gasteiger partial charge in [0, 0.05) is 16.6 Å². The molecular formula is C17H19NO6S. The minimum Gasteiger partial charge on any atom is -0.462 e. The monoisotopic (exact) mass is 365 g/mol. The van der Waals surface area contributed by atoms with Crippen molar-refractivity contribution in [3.05, 3.63) is 29.5 Å². The van der Waals surface area contributed by atoms with Crippen molar-refractivity contribution in [3.63, 3.8) is 0 Å². The first-order valence-electron chi connectivity index (χ1n) is 8.02. The number of aryl methyl sites for hydroxylation is 1. The molecule has 1 saturated heterocycles. The van der Waals surface area contributed by atoms with Crippen LogP contribution in [-0.4, -0.2) is 43.5 Å². The first kappa shape index (κ1) is 17.5. The lowest BCUT2D eigenvalue weighted by atomic mass is 10.1. The SMILES string of the molecule is CCOC(=O)c1c(C)[nH]c2ccc(OC(=O)[C@H]3CCS(=O)(=O)C3)cc12. The average molecular weight is 365 g/mol. The van der Waals surface area contributed by atoms with Gasteiger partial charge in [0.1, 0.15) is 5.75 Å². The van der Waals surface area contributed by atoms with Crippen LogP contribution in [0.1, 0.15) is 29.4 Å². The molecule has 8 heteroatoms. The number of carbonyl (C=O) groups excluding carboxylic acids is 2. The van der Waals surface area contributed by atoms with Gasteiger partial charge in [-0.2, -0.15) is 0 Å². The zero-order chi connectivity index (χ0) is 18.2. The van der Waals surface area contributed by atoms with Gasteiger partial charge in [0.15, 0.2) is 9.84 Å². The van der Waals surface area contributed by atoms with Gasteiger partial charge in [0.2, 0.25) is 0 Å². The molecule has 1 atom stereocenters. The van der Waals surface area contributed by atoms with E-state index in [9.17, 15) is 18.0 Å². The number of aromatic nitrogens is 1. The third kappa shape index (κ3) is 3.53. The smallest absolute Gasteiger partial charge is 0.340 e. The molecule has 0 saturated carbocycles. The Morgan fingerprint density at radius 1 is 1.32 bits per heavy atom. The van der Waals surface area contributed by atoms with E-state index in [-0.39, 0.29) is 30.3 Å². The van der Waals surface area contributed by atoms with Crippen LogP contribution >= 0.6 is 0 Å². The zero-order valence-corrected chi connectivity index (χ0v) is 14.8. The molecule has 7 nitrogen and oxygen atoms in total. The minimum atomic E-state index is -3.16. The molecule has 1 fully saturated rings. The summed E-state index contributed by atoms with van der Waals surface area (Å²) in [6, 6.07) is 4.90. The fourth-order valence-electron chi connectivity index (χ4n) is 3.02. The van der Waals surface area contributed by atoms with Crippen molar-refractivity contribution >= 4 is 32.7 Å². The molecule has 0 amide bonds. The van der Waals surface area contributed by atoms with Gasteiger partial charge in [-0.1, -0.05) is 0 Å². The highest BCUT2D eigenvalue weighted by Crippen LogP contribution is 2.28. The number of hydrogen-bond acceptors (Lipinski definition) is 6. The summed E-state index contributed by atoms with van der Waals surface area (Å²) in [7, 11) is -3.16. The summed E-state index contributed by atoms with van der Waals surface area (Å²) < 4.78 is 33.4. The third-order valence-electron chi connectivity index (χ3n) is 4.22. The lowest BCUT2D eigenvalue weighted by Gasteiger charge is -2.09. The predicted molar refractivity (Wildman–Crippen MR) is 91.4 cm³/mol. The maximum atomic E-state index is 12.2. The van der Waals surface area contributed by atoms with Crippen LogP contribution in [0.2, 0.25) is 0 Å². The van der Waals surface area contributed by atoms with Crippen LogP contribution in [-0.2, 0) is 19.4 Å². The Hall–Kier alpha value is -2.35. The molecule has 0 spiro atoms. The van der Waals surface area contributed by atoms with Gasteiger partial charge in [-0.25, -0.2) is 13.2 Å². The molecule has 1 aliphatic rings. The van der Waals surface area contributed by atoms with Gasteiger partial charge in [-0.05, 0) is 38.5 Å². The number of nitrogens with one attached hydrogen (secondary N) is 1. The fraction of sp³-hybridized carbons (Fsp3) is 0.412. The first-order chi connectivity index (χ1) is 11.8. The van der Waals surface area contributed by atoms with Crippen LogP contribution in [0.15, 0.2) is 18.2 Å². The van der Waals surface area contributed by atoms with E-state index in [0.717, 1.165) is 5.52 Å². The zero-order valence-electron chi connectivity index (χ0n) is 14.0. The van der Waals surface area contributed by atoms with Crippen molar-refractivity contribution in [3.8, 4) is 5.75 Å². The highest BCUT2D eigenvalue weighted by atomic mass is 32.2. The Kier molecular flexibility index (Phi) is 4.55. The van der Waals surface area contributed by atoms with Crippen LogP contribution in [0.25, 0.3) is 10.9 Å². The van der Waals surface area contributed by atoms with E-state index < -0.39 is 27.7 Å². The summed E-state index contributed by atoms with van der Waals surface area (Å²) in [4.78, 5) is 27.4. The van der Waals surface area contributed by atoms with Crippen molar-refractivity contribution in [2.24, 2.45) is 5.92 Å². The van der Waals surface area contributed by atoms with E-state index in [1.54, 1.807) is 32.0 Å². The second kappa shape index (κ2) is 6.51. The number of rotatable bonds is 4. The highest BCUT2D eigenvalue weighted by molar-refractivity contribution is 7.91. The van der Waals surface area contributed by atoms with Crippen LogP contribution in [0.3, 0.4) is 0 Å². The normalized spacial score (nSPS) is 19.0. The maximum Gasteiger partial charge on any atom is 0.340 e. The van der Waals surface area contributed by atoms with Gasteiger partial charge in [-0.15, -0.1) is 0 Å². The number of sulfone groups is 1. The second-order valence-corrected chi connectivity index (χ2v) is 8.30. The van der Waals surface area contributed by atoms with Gasteiger partial charge < -0.3 is 14.5 Å². The lowest BCUT2D eigenvalue weighted by molar-refractivity contribution is -0.138. The van der Waals surface area contributed by atoms with E-state index in [2.05, 4.69) is 4.98 Å². The van der Waals surface area contributed by atoms with Crippen molar-refractivity contribution in [1.29, 1.82) is 0 Å². The Morgan fingerprint density at radius 2 is 2.08 bits per heavy atom. The van der Waals surface area contributed by atoms with E-state index in [1.807, 2.05) is 0 Å². The van der Waals surface area contributed by atoms with Crippen LogP contribution in [0.4, 0.5) is 0 Å². The second-order valence-electron chi connectivity index (χ2n) is 6.07. The third-order valence-corrected chi connectivity index (χ3v) is 5.99. The molecule has 1 aliphatic heterocycles. The minimum absolute atomic E-state index is 0.00974. The first-order valence-corrected chi connectivity index (χ1v) is 9.84. The molecule has 134 valence electrons. The summed E-state index contributed by atoms with van der Waals surface area (Å²) in [6.07, 6.45) is 0.279. The van der Waals surface area contributed by atoms with Gasteiger partial charge >= 0.3 is 11.9 Å². The summed E-state index contributed by atoms with van der Waals surface area (Å²) >= 11 is 0. The molecule has 0 aliphatic carbocycles. The fourth-order valence-corrected chi connectivity index (χ4v) is 4.74. The van der Waals surface area contributed by atoms with Crippen molar-refractivity contribution in [2.75, 3.05) is 18.1 Å². The Bertz CT molecular complexity index is 943. The Balaban J connectivity index is 1.87. The maximum absolute atomic E-state index is 12.2. The summed E-state index contributed by atoms with van der Waals surface area (Å²) in [5.41, 5.74) is 1.79. The Morgan fingerprint density at radius 3 is 2.72 bits per heavy atom. The molecule has 3 rings (SSSR count). The Labute approximate surface area is 145 Å². The van der Waals surface area contributed by atoms with E-state index >= 15 is 0 Å².